The van der Waals surface area contributed by atoms with Gasteiger partial charge in [-0.1, -0.05) is 6.92 Å². The van der Waals surface area contributed by atoms with Crippen molar-refractivity contribution in [2.24, 2.45) is 5.92 Å². The lowest BCUT2D eigenvalue weighted by atomic mass is 9.90. The van der Waals surface area contributed by atoms with Crippen LogP contribution in [0.2, 0.25) is 0 Å². The minimum atomic E-state index is 0.575. The first-order valence-electron chi connectivity index (χ1n) is 6.76. The Morgan fingerprint density at radius 3 is 2.65 bits per heavy atom. The van der Waals surface area contributed by atoms with Crippen LogP contribution in [0, 0.1) is 5.92 Å². The predicted octanol–water partition coefficient (Wildman–Crippen LogP) is 1.44. The third-order valence-corrected chi connectivity index (χ3v) is 3.31. The molecule has 1 N–H and O–H groups in total. The molecule has 1 atom stereocenters. The van der Waals surface area contributed by atoms with Gasteiger partial charge in [0.15, 0.2) is 0 Å². The Labute approximate surface area is 105 Å². The standard InChI is InChI=1S/C13H27NO3/c1-3-14-13(6-9-17-11-10-15-2)12-4-7-16-8-5-12/h12-14H,3-11H2,1-2H3. The largest absolute Gasteiger partial charge is 0.382 e. The maximum absolute atomic E-state index is 5.55. The SMILES string of the molecule is CCNC(CCOCCOC)C1CCOCC1. The molecule has 0 aromatic heterocycles. The smallest absolute Gasteiger partial charge is 0.0700 e. The van der Waals surface area contributed by atoms with Gasteiger partial charge in [0.1, 0.15) is 0 Å². The molecule has 1 unspecified atom stereocenters. The first-order valence-corrected chi connectivity index (χ1v) is 6.76. The maximum Gasteiger partial charge on any atom is 0.0700 e. The highest BCUT2D eigenvalue weighted by Gasteiger charge is 2.22. The van der Waals surface area contributed by atoms with E-state index in [1.54, 1.807) is 7.11 Å². The molecule has 102 valence electrons. The van der Waals surface area contributed by atoms with Crippen LogP contribution in [-0.4, -0.2) is 52.7 Å². The van der Waals surface area contributed by atoms with Crippen molar-refractivity contribution in [2.45, 2.75) is 32.2 Å². The molecule has 1 aliphatic rings. The molecule has 4 heteroatoms. The molecule has 1 aliphatic heterocycles. The molecule has 0 aromatic rings. The van der Waals surface area contributed by atoms with Crippen LogP contribution in [0.15, 0.2) is 0 Å². The zero-order chi connectivity index (χ0) is 12.3. The first-order chi connectivity index (χ1) is 8.38. The molecule has 0 bridgehead atoms. The second-order valence-corrected chi connectivity index (χ2v) is 4.51. The predicted molar refractivity (Wildman–Crippen MR) is 68.3 cm³/mol. The third kappa shape index (κ3) is 6.36. The Kier molecular flexibility index (Phi) is 8.61. The van der Waals surface area contributed by atoms with E-state index in [0.717, 1.165) is 38.7 Å². The summed E-state index contributed by atoms with van der Waals surface area (Å²) in [5.74, 6) is 0.745. The van der Waals surface area contributed by atoms with E-state index in [0.29, 0.717) is 19.3 Å². The second-order valence-electron chi connectivity index (χ2n) is 4.51. The summed E-state index contributed by atoms with van der Waals surface area (Å²) in [6.45, 7) is 7.22. The van der Waals surface area contributed by atoms with E-state index in [9.17, 15) is 0 Å². The van der Waals surface area contributed by atoms with Crippen molar-refractivity contribution in [3.63, 3.8) is 0 Å². The fourth-order valence-electron chi connectivity index (χ4n) is 2.34. The normalized spacial score (nSPS) is 19.4. The average molecular weight is 245 g/mol. The zero-order valence-corrected chi connectivity index (χ0v) is 11.2. The maximum atomic E-state index is 5.55. The van der Waals surface area contributed by atoms with Crippen LogP contribution in [0.1, 0.15) is 26.2 Å². The van der Waals surface area contributed by atoms with Crippen molar-refractivity contribution >= 4 is 0 Å². The van der Waals surface area contributed by atoms with Crippen molar-refractivity contribution in [1.82, 2.24) is 5.32 Å². The van der Waals surface area contributed by atoms with Gasteiger partial charge in [-0.3, -0.25) is 0 Å². The monoisotopic (exact) mass is 245 g/mol. The van der Waals surface area contributed by atoms with Gasteiger partial charge < -0.3 is 19.5 Å². The summed E-state index contributed by atoms with van der Waals surface area (Å²) >= 11 is 0. The second kappa shape index (κ2) is 9.83. The van der Waals surface area contributed by atoms with E-state index in [-0.39, 0.29) is 0 Å². The van der Waals surface area contributed by atoms with Gasteiger partial charge in [0, 0.05) is 33.0 Å². The summed E-state index contributed by atoms with van der Waals surface area (Å²) in [6, 6.07) is 0.575. The topological polar surface area (TPSA) is 39.7 Å². The van der Waals surface area contributed by atoms with Crippen LogP contribution in [-0.2, 0) is 14.2 Å². The number of methoxy groups -OCH3 is 1. The van der Waals surface area contributed by atoms with E-state index < -0.39 is 0 Å². The first kappa shape index (κ1) is 14.9. The van der Waals surface area contributed by atoms with E-state index in [2.05, 4.69) is 12.2 Å². The number of ether oxygens (including phenoxy) is 3. The van der Waals surface area contributed by atoms with Crippen molar-refractivity contribution in [1.29, 1.82) is 0 Å². The summed E-state index contributed by atoms with van der Waals surface area (Å²) in [5, 5.41) is 3.58. The molecule has 0 saturated carbocycles. The van der Waals surface area contributed by atoms with Crippen LogP contribution in [0.25, 0.3) is 0 Å². The van der Waals surface area contributed by atoms with Crippen LogP contribution in [0.5, 0.6) is 0 Å². The molecule has 0 aromatic carbocycles. The molecule has 0 spiro atoms. The highest BCUT2D eigenvalue weighted by Crippen LogP contribution is 2.20. The lowest BCUT2D eigenvalue weighted by molar-refractivity contribution is 0.0376. The number of rotatable bonds is 9. The zero-order valence-electron chi connectivity index (χ0n) is 11.2. The van der Waals surface area contributed by atoms with Gasteiger partial charge in [-0.2, -0.15) is 0 Å². The van der Waals surface area contributed by atoms with Crippen LogP contribution in [0.4, 0.5) is 0 Å². The van der Waals surface area contributed by atoms with E-state index in [1.807, 2.05) is 0 Å². The molecular formula is C13H27NO3. The van der Waals surface area contributed by atoms with Crippen LogP contribution < -0.4 is 5.32 Å². The van der Waals surface area contributed by atoms with Gasteiger partial charge in [0.25, 0.3) is 0 Å². The summed E-state index contributed by atoms with van der Waals surface area (Å²) in [7, 11) is 1.70. The Morgan fingerprint density at radius 1 is 1.24 bits per heavy atom. The minimum absolute atomic E-state index is 0.575. The van der Waals surface area contributed by atoms with Gasteiger partial charge in [-0.25, -0.2) is 0 Å². The molecule has 17 heavy (non-hydrogen) atoms. The molecular weight excluding hydrogens is 218 g/mol. The molecule has 0 aliphatic carbocycles. The number of nitrogens with one attached hydrogen (secondary N) is 1. The Balaban J connectivity index is 2.17. The van der Waals surface area contributed by atoms with Crippen molar-refractivity contribution in [3.8, 4) is 0 Å². The Hall–Kier alpha value is -0.160. The summed E-state index contributed by atoms with van der Waals surface area (Å²) in [4.78, 5) is 0. The Morgan fingerprint density at radius 2 is 2.00 bits per heavy atom. The lowest BCUT2D eigenvalue weighted by Crippen LogP contribution is -2.39. The summed E-state index contributed by atoms with van der Waals surface area (Å²) in [5.41, 5.74) is 0. The van der Waals surface area contributed by atoms with Crippen molar-refractivity contribution in [3.05, 3.63) is 0 Å². The molecule has 1 heterocycles. The summed E-state index contributed by atoms with van der Waals surface area (Å²) in [6.07, 6.45) is 3.44. The van der Waals surface area contributed by atoms with Gasteiger partial charge in [0.05, 0.1) is 13.2 Å². The quantitative estimate of drug-likeness (QED) is 0.624. The van der Waals surface area contributed by atoms with Gasteiger partial charge in [0.2, 0.25) is 0 Å². The van der Waals surface area contributed by atoms with E-state index >= 15 is 0 Å². The Bertz CT molecular complexity index is 172. The van der Waals surface area contributed by atoms with E-state index in [4.69, 9.17) is 14.2 Å². The van der Waals surface area contributed by atoms with Crippen LogP contribution >= 0.6 is 0 Å². The molecule has 0 amide bonds. The number of hydrogen-bond donors (Lipinski definition) is 1. The molecule has 1 rings (SSSR count). The highest BCUT2D eigenvalue weighted by atomic mass is 16.5. The third-order valence-electron chi connectivity index (χ3n) is 3.31. The molecule has 1 saturated heterocycles. The van der Waals surface area contributed by atoms with E-state index in [1.165, 1.54) is 12.8 Å². The lowest BCUT2D eigenvalue weighted by Gasteiger charge is -2.30. The minimum Gasteiger partial charge on any atom is -0.382 e. The average Bonchev–Trinajstić information content (AvgIpc) is 2.38. The fourth-order valence-corrected chi connectivity index (χ4v) is 2.34. The number of hydrogen-bond acceptors (Lipinski definition) is 4. The van der Waals surface area contributed by atoms with Gasteiger partial charge in [-0.15, -0.1) is 0 Å². The molecule has 0 radical (unpaired) electrons. The summed E-state index contributed by atoms with van der Waals surface area (Å²) < 4.78 is 15.9. The van der Waals surface area contributed by atoms with Crippen molar-refractivity contribution in [2.75, 3.05) is 46.7 Å². The van der Waals surface area contributed by atoms with Crippen molar-refractivity contribution < 1.29 is 14.2 Å². The van der Waals surface area contributed by atoms with Crippen LogP contribution in [0.3, 0.4) is 0 Å². The fraction of sp³-hybridized carbons (Fsp3) is 1.00. The van der Waals surface area contributed by atoms with Gasteiger partial charge >= 0.3 is 0 Å². The molecule has 1 fully saturated rings. The molecule has 4 nitrogen and oxygen atoms in total. The highest BCUT2D eigenvalue weighted by molar-refractivity contribution is 4.78. The van der Waals surface area contributed by atoms with Gasteiger partial charge in [-0.05, 0) is 31.7 Å².